The van der Waals surface area contributed by atoms with E-state index >= 15 is 0 Å². The first-order chi connectivity index (χ1) is 4.41. The summed E-state index contributed by atoms with van der Waals surface area (Å²) in [6.45, 7) is 5.67. The van der Waals surface area contributed by atoms with Crippen molar-refractivity contribution < 1.29 is 24.0 Å². The van der Waals surface area contributed by atoms with Crippen LogP contribution in [0.1, 0.15) is 13.8 Å². The second-order valence-electron chi connectivity index (χ2n) is 1.29. The molecular weight excluding hydrogens is 205 g/mol. The average molecular weight is 220 g/mol. The molecule has 0 aromatic rings. The molecule has 0 saturated carbocycles. The van der Waals surface area contributed by atoms with Crippen molar-refractivity contribution in [3.8, 4) is 0 Å². The van der Waals surface area contributed by atoms with Gasteiger partial charge in [-0.1, -0.05) is 0 Å². The molecule has 8 heteroatoms. The molecule has 0 heterocycles. The van der Waals surface area contributed by atoms with Crippen molar-refractivity contribution in [3.05, 3.63) is 0 Å². The molecule has 5 nitrogen and oxygen atoms in total. The van der Waals surface area contributed by atoms with E-state index < -0.39 is 7.82 Å². The van der Waals surface area contributed by atoms with E-state index in [0.717, 1.165) is 13.2 Å². The molecule has 0 aliphatic rings. The van der Waals surface area contributed by atoms with Crippen molar-refractivity contribution in [2.24, 2.45) is 0 Å². The molecule has 0 atom stereocenters. The minimum absolute atomic E-state index is 0. The third kappa shape index (κ3) is 89.3. The van der Waals surface area contributed by atoms with Gasteiger partial charge < -0.3 is 19.4 Å². The predicted molar refractivity (Wildman–Crippen MR) is 50.7 cm³/mol. The van der Waals surface area contributed by atoms with E-state index in [1.165, 1.54) is 0 Å². The van der Waals surface area contributed by atoms with E-state index in [9.17, 15) is 0 Å². The van der Waals surface area contributed by atoms with Crippen LogP contribution in [0.3, 0.4) is 0 Å². The second-order valence-corrected chi connectivity index (χ2v) is 2.32. The third-order valence-electron chi connectivity index (χ3n) is 0.408. The molecule has 0 aromatic heterocycles. The maximum absolute atomic E-state index is 8.88. The van der Waals surface area contributed by atoms with Crippen molar-refractivity contribution in [2.75, 3.05) is 13.2 Å². The Hall–Kier alpha value is 2.07. The summed E-state index contributed by atoms with van der Waals surface area (Å²) in [4.78, 5) is 21.6. The van der Waals surface area contributed by atoms with Crippen LogP contribution < -0.4 is 0 Å². The van der Waals surface area contributed by atoms with Gasteiger partial charge in [0.25, 0.3) is 0 Å². The first-order valence-corrected chi connectivity index (χ1v) is 4.34. The van der Waals surface area contributed by atoms with Gasteiger partial charge in [0.05, 0.1) is 0 Å². The van der Waals surface area contributed by atoms with Gasteiger partial charge in [-0.3, -0.25) is 0 Å². The van der Waals surface area contributed by atoms with Crippen molar-refractivity contribution in [2.45, 2.75) is 13.8 Å². The van der Waals surface area contributed by atoms with Gasteiger partial charge in [0.1, 0.15) is 0 Å². The summed E-state index contributed by atoms with van der Waals surface area (Å²) in [5, 5.41) is 0. The van der Waals surface area contributed by atoms with E-state index in [-0.39, 0.29) is 59.1 Å². The Bertz CT molecular complexity index is 95.4. The van der Waals surface area contributed by atoms with Gasteiger partial charge in [-0.05, 0) is 13.8 Å². The number of hydrogen-bond acceptors (Lipinski definition) is 2. The van der Waals surface area contributed by atoms with Crippen molar-refractivity contribution in [1.82, 2.24) is 0 Å². The molecule has 0 spiro atoms. The molecule has 3 N–H and O–H groups in total. The monoisotopic (exact) mass is 220 g/mol. The molecule has 0 aliphatic heterocycles. The standard InChI is InChI=1S/C4H10O.2Na.H3O4P.2H/c1-3-5-4-2;;;1-5(2,3)4;;/h3-4H2,1-2H3;;;(H3,1,2,3,4);;. The molecular formula is C4H15Na2O5P. The summed E-state index contributed by atoms with van der Waals surface area (Å²) in [6.07, 6.45) is 0. The molecule has 0 saturated heterocycles. The van der Waals surface area contributed by atoms with Crippen LogP contribution in [-0.2, 0) is 9.30 Å². The minimum atomic E-state index is -4.64. The Labute approximate surface area is 117 Å². The first kappa shape index (κ1) is 23.7. The average Bonchev–Trinajstić information content (AvgIpc) is 1.63. The summed E-state index contributed by atoms with van der Waals surface area (Å²) in [6, 6.07) is 0. The van der Waals surface area contributed by atoms with Gasteiger partial charge >= 0.3 is 66.9 Å². The first-order valence-electron chi connectivity index (χ1n) is 2.77. The Morgan fingerprint density at radius 2 is 1.25 bits per heavy atom. The Morgan fingerprint density at radius 1 is 1.08 bits per heavy atom. The SMILES string of the molecule is CCOCC.O=P(O)(O)O.[NaH].[NaH]. The van der Waals surface area contributed by atoms with Gasteiger partial charge in [0.15, 0.2) is 0 Å². The Balaban J connectivity index is -0.0000000457. The summed E-state index contributed by atoms with van der Waals surface area (Å²) in [5.74, 6) is 0. The van der Waals surface area contributed by atoms with E-state index in [1.807, 2.05) is 13.8 Å². The zero-order valence-corrected chi connectivity index (χ0v) is 6.91. The van der Waals surface area contributed by atoms with Crippen LogP contribution in [0.4, 0.5) is 0 Å². The van der Waals surface area contributed by atoms with E-state index in [4.69, 9.17) is 24.0 Å². The Kier molecular flexibility index (Phi) is 30.7. The van der Waals surface area contributed by atoms with Gasteiger partial charge in [0, 0.05) is 13.2 Å². The molecule has 12 heavy (non-hydrogen) atoms. The third-order valence-corrected chi connectivity index (χ3v) is 0.408. The summed E-state index contributed by atoms with van der Waals surface area (Å²) in [7, 11) is -4.64. The van der Waals surface area contributed by atoms with Gasteiger partial charge in [0.2, 0.25) is 0 Å². The maximum atomic E-state index is 8.88. The van der Waals surface area contributed by atoms with E-state index in [0.29, 0.717) is 0 Å². The second kappa shape index (κ2) is 15.5. The predicted octanol–water partition coefficient (Wildman–Crippen LogP) is -1.18. The molecule has 0 rings (SSSR count). The van der Waals surface area contributed by atoms with Crippen LogP contribution in [0.15, 0.2) is 0 Å². The fourth-order valence-electron chi connectivity index (χ4n) is 0.204. The van der Waals surface area contributed by atoms with E-state index in [2.05, 4.69) is 0 Å². The topological polar surface area (TPSA) is 87.0 Å². The van der Waals surface area contributed by atoms with Crippen LogP contribution >= 0.6 is 7.82 Å². The number of phosphoric acid groups is 1. The van der Waals surface area contributed by atoms with Crippen LogP contribution in [0.25, 0.3) is 0 Å². The molecule has 0 unspecified atom stereocenters. The number of rotatable bonds is 2. The van der Waals surface area contributed by atoms with Gasteiger partial charge in [-0.2, -0.15) is 0 Å². The summed E-state index contributed by atoms with van der Waals surface area (Å²) in [5.41, 5.74) is 0. The Morgan fingerprint density at radius 3 is 1.25 bits per heavy atom. The quantitative estimate of drug-likeness (QED) is 0.402. The van der Waals surface area contributed by atoms with Crippen molar-refractivity contribution in [3.63, 3.8) is 0 Å². The fraction of sp³-hybridized carbons (Fsp3) is 1.00. The van der Waals surface area contributed by atoms with Crippen LogP contribution in [0.2, 0.25) is 0 Å². The molecule has 0 fully saturated rings. The zero-order valence-electron chi connectivity index (χ0n) is 6.02. The molecule has 0 aliphatic carbocycles. The fourth-order valence-corrected chi connectivity index (χ4v) is 0.204. The van der Waals surface area contributed by atoms with E-state index in [1.54, 1.807) is 0 Å². The molecule has 0 bridgehead atoms. The molecule has 0 amide bonds. The molecule has 68 valence electrons. The number of ether oxygens (including phenoxy) is 1. The van der Waals surface area contributed by atoms with Crippen LogP contribution in [-0.4, -0.2) is 87.0 Å². The van der Waals surface area contributed by atoms with Crippen LogP contribution in [0, 0.1) is 0 Å². The molecule has 0 aromatic carbocycles. The summed E-state index contributed by atoms with van der Waals surface area (Å²) < 4.78 is 13.7. The number of hydrogen-bond donors (Lipinski definition) is 3. The van der Waals surface area contributed by atoms with Gasteiger partial charge in [-0.25, -0.2) is 4.57 Å². The normalized spacial score (nSPS) is 8.42. The van der Waals surface area contributed by atoms with Crippen LogP contribution in [0.5, 0.6) is 0 Å². The van der Waals surface area contributed by atoms with Crippen molar-refractivity contribution >= 4 is 66.9 Å². The zero-order chi connectivity index (χ0) is 8.62. The summed E-state index contributed by atoms with van der Waals surface area (Å²) >= 11 is 0. The molecule has 0 radical (unpaired) electrons. The van der Waals surface area contributed by atoms with Crippen molar-refractivity contribution in [1.29, 1.82) is 0 Å². The van der Waals surface area contributed by atoms with Gasteiger partial charge in [-0.15, -0.1) is 0 Å².